The topological polar surface area (TPSA) is 46.2 Å². The molecule has 1 amide bonds. The minimum absolute atomic E-state index is 0.0646. The van der Waals surface area contributed by atoms with E-state index in [1.54, 1.807) is 60.7 Å². The standard InChI is InChI=1S/C16H12Cl3FNO2P/c17-16(18,19)15(22)21-14(11-20)24(23,12-7-3-1-4-8-12)13-9-5-2-6-10-13/h1-11H,(H,21,22)/b14-11+. The molecule has 0 aliphatic carbocycles. The van der Waals surface area contributed by atoms with E-state index in [4.69, 9.17) is 34.8 Å². The average Bonchev–Trinajstić information content (AvgIpc) is 2.59. The number of amides is 1. The van der Waals surface area contributed by atoms with Crippen LogP contribution in [-0.2, 0) is 9.36 Å². The lowest BCUT2D eigenvalue weighted by atomic mass is 10.4. The Morgan fingerprint density at radius 3 is 1.71 bits per heavy atom. The Bertz CT molecular complexity index is 748. The molecule has 24 heavy (non-hydrogen) atoms. The van der Waals surface area contributed by atoms with E-state index < -0.39 is 22.3 Å². The normalized spacial score (nSPS) is 12.8. The third-order valence-corrected chi connectivity index (χ3v) is 6.63. The first-order valence-corrected chi connectivity index (χ1v) is 9.54. The van der Waals surface area contributed by atoms with Gasteiger partial charge in [-0.25, -0.2) is 4.39 Å². The van der Waals surface area contributed by atoms with Crippen LogP contribution < -0.4 is 15.9 Å². The van der Waals surface area contributed by atoms with Gasteiger partial charge in [0, 0.05) is 10.6 Å². The van der Waals surface area contributed by atoms with Crippen molar-refractivity contribution in [1.82, 2.24) is 5.32 Å². The van der Waals surface area contributed by atoms with Crippen molar-refractivity contribution in [3.05, 3.63) is 72.4 Å². The average molecular weight is 407 g/mol. The number of halogens is 4. The van der Waals surface area contributed by atoms with Gasteiger partial charge in [0.15, 0.2) is 7.14 Å². The molecular formula is C16H12Cl3FNO2P. The van der Waals surface area contributed by atoms with Crippen LogP contribution in [0.25, 0.3) is 0 Å². The summed E-state index contributed by atoms with van der Waals surface area (Å²) in [6.45, 7) is 0. The first kappa shape index (κ1) is 19.0. The second kappa shape index (κ2) is 7.71. The zero-order valence-corrected chi connectivity index (χ0v) is 15.3. The van der Waals surface area contributed by atoms with Crippen molar-refractivity contribution >= 4 is 58.5 Å². The predicted octanol–water partition coefficient (Wildman–Crippen LogP) is 4.26. The molecule has 1 N–H and O–H groups in total. The fourth-order valence-corrected chi connectivity index (χ4v) is 4.64. The molecule has 126 valence electrons. The number of nitrogens with one attached hydrogen (secondary N) is 1. The maximum absolute atomic E-state index is 13.8. The highest BCUT2D eigenvalue weighted by Crippen LogP contribution is 2.50. The van der Waals surface area contributed by atoms with E-state index in [9.17, 15) is 13.8 Å². The molecule has 0 saturated carbocycles. The highest BCUT2D eigenvalue weighted by Gasteiger charge is 2.38. The smallest absolute Gasteiger partial charge is 0.276 e. The Balaban J connectivity index is 2.59. The number of hydrogen-bond donors (Lipinski definition) is 1. The van der Waals surface area contributed by atoms with E-state index in [1.165, 1.54) is 0 Å². The van der Waals surface area contributed by atoms with Gasteiger partial charge in [0.2, 0.25) is 0 Å². The Morgan fingerprint density at radius 2 is 1.38 bits per heavy atom. The van der Waals surface area contributed by atoms with E-state index in [2.05, 4.69) is 5.32 Å². The van der Waals surface area contributed by atoms with Gasteiger partial charge < -0.3 is 9.88 Å². The molecule has 8 heteroatoms. The molecule has 2 aromatic carbocycles. The number of benzene rings is 2. The van der Waals surface area contributed by atoms with Crippen molar-refractivity contribution in [2.45, 2.75) is 3.79 Å². The molecule has 0 saturated heterocycles. The van der Waals surface area contributed by atoms with Crippen LogP contribution in [0.2, 0.25) is 0 Å². The molecule has 0 aliphatic rings. The SMILES string of the molecule is O=C(N/C(=C\F)P(=O)(c1ccccc1)c1ccccc1)C(Cl)(Cl)Cl. The van der Waals surface area contributed by atoms with Crippen molar-refractivity contribution in [2.75, 3.05) is 0 Å². The Hall–Kier alpha value is -1.32. The van der Waals surface area contributed by atoms with E-state index in [0.29, 0.717) is 10.6 Å². The summed E-state index contributed by atoms with van der Waals surface area (Å²) < 4.78 is 25.0. The van der Waals surface area contributed by atoms with Gasteiger partial charge >= 0.3 is 0 Å². The van der Waals surface area contributed by atoms with Gasteiger partial charge in [-0.15, -0.1) is 0 Å². The minimum atomic E-state index is -3.68. The van der Waals surface area contributed by atoms with E-state index in [-0.39, 0.29) is 6.33 Å². The third kappa shape index (κ3) is 4.01. The number of carbonyl (C=O) groups is 1. The van der Waals surface area contributed by atoms with Gasteiger partial charge in [-0.2, -0.15) is 0 Å². The second-order valence-corrected chi connectivity index (χ2v) is 9.74. The van der Waals surface area contributed by atoms with Crippen LogP contribution in [0.5, 0.6) is 0 Å². The highest BCUT2D eigenvalue weighted by atomic mass is 35.6. The number of rotatable bonds is 4. The number of hydrogen-bond acceptors (Lipinski definition) is 2. The summed E-state index contributed by atoms with van der Waals surface area (Å²) in [6.07, 6.45) is 0.0646. The van der Waals surface area contributed by atoms with Gasteiger partial charge in [0.1, 0.15) is 11.8 Å². The third-order valence-electron chi connectivity index (χ3n) is 3.18. The highest BCUT2D eigenvalue weighted by molar-refractivity contribution is 7.82. The number of alkyl halides is 3. The van der Waals surface area contributed by atoms with E-state index >= 15 is 0 Å². The van der Waals surface area contributed by atoms with Crippen LogP contribution in [0.15, 0.2) is 72.4 Å². The Labute approximate surface area is 153 Å². The minimum Gasteiger partial charge on any atom is -0.317 e. The maximum Gasteiger partial charge on any atom is 0.276 e. The lowest BCUT2D eigenvalue weighted by Crippen LogP contribution is -2.36. The molecule has 0 aliphatic heterocycles. The molecule has 0 bridgehead atoms. The lowest BCUT2D eigenvalue weighted by Gasteiger charge is -2.23. The van der Waals surface area contributed by atoms with Crippen LogP contribution in [-0.4, -0.2) is 9.70 Å². The molecule has 0 heterocycles. The molecule has 0 spiro atoms. The van der Waals surface area contributed by atoms with Gasteiger partial charge in [-0.3, -0.25) is 4.79 Å². The summed E-state index contributed by atoms with van der Waals surface area (Å²) in [4.78, 5) is 11.9. The first-order valence-electron chi connectivity index (χ1n) is 6.70. The summed E-state index contributed by atoms with van der Waals surface area (Å²) >= 11 is 16.5. The quantitative estimate of drug-likeness (QED) is 0.609. The van der Waals surface area contributed by atoms with Gasteiger partial charge in [0.25, 0.3) is 9.70 Å². The van der Waals surface area contributed by atoms with Crippen LogP contribution in [0.4, 0.5) is 4.39 Å². The van der Waals surface area contributed by atoms with Gasteiger partial charge in [-0.1, -0.05) is 95.5 Å². The second-order valence-electron chi connectivity index (χ2n) is 4.73. The first-order chi connectivity index (χ1) is 11.3. The molecule has 0 atom stereocenters. The van der Waals surface area contributed by atoms with Crippen LogP contribution >= 0.6 is 41.9 Å². The molecule has 2 rings (SSSR count). The predicted molar refractivity (Wildman–Crippen MR) is 97.4 cm³/mol. The maximum atomic E-state index is 13.8. The molecular weight excluding hydrogens is 395 g/mol. The molecule has 2 aromatic rings. The zero-order chi connectivity index (χ0) is 17.8. The lowest BCUT2D eigenvalue weighted by molar-refractivity contribution is -0.119. The fourth-order valence-electron chi connectivity index (χ4n) is 2.06. The molecule has 0 aromatic heterocycles. The molecule has 0 fully saturated rings. The van der Waals surface area contributed by atoms with Crippen LogP contribution in [0, 0.1) is 0 Å². The van der Waals surface area contributed by atoms with Crippen LogP contribution in [0.3, 0.4) is 0 Å². The van der Waals surface area contributed by atoms with Crippen molar-refractivity contribution < 1.29 is 13.8 Å². The molecule has 0 unspecified atom stereocenters. The zero-order valence-electron chi connectivity index (χ0n) is 12.1. The monoisotopic (exact) mass is 405 g/mol. The van der Waals surface area contributed by atoms with Gasteiger partial charge in [-0.05, 0) is 0 Å². The number of carbonyl (C=O) groups excluding carboxylic acids is 1. The molecule has 0 radical (unpaired) electrons. The summed E-state index contributed by atoms with van der Waals surface area (Å²) in [7, 11) is -3.68. The summed E-state index contributed by atoms with van der Waals surface area (Å²) in [5.74, 6) is -1.09. The van der Waals surface area contributed by atoms with Crippen molar-refractivity contribution in [2.24, 2.45) is 0 Å². The Morgan fingerprint density at radius 1 is 0.958 bits per heavy atom. The van der Waals surface area contributed by atoms with Crippen molar-refractivity contribution in [3.8, 4) is 0 Å². The Kier molecular flexibility index (Phi) is 6.11. The summed E-state index contributed by atoms with van der Waals surface area (Å²) in [5, 5.41) is 2.81. The summed E-state index contributed by atoms with van der Waals surface area (Å²) in [5.41, 5.74) is -0.462. The van der Waals surface area contributed by atoms with E-state index in [0.717, 1.165) is 0 Å². The summed E-state index contributed by atoms with van der Waals surface area (Å²) in [6, 6.07) is 16.5. The van der Waals surface area contributed by atoms with Gasteiger partial charge in [0.05, 0.1) is 0 Å². The van der Waals surface area contributed by atoms with Crippen molar-refractivity contribution in [3.63, 3.8) is 0 Å². The largest absolute Gasteiger partial charge is 0.317 e. The molecule has 3 nitrogen and oxygen atoms in total. The fraction of sp³-hybridized carbons (Fsp3) is 0.0625. The van der Waals surface area contributed by atoms with Crippen molar-refractivity contribution in [1.29, 1.82) is 0 Å². The van der Waals surface area contributed by atoms with Crippen LogP contribution in [0.1, 0.15) is 0 Å². The van der Waals surface area contributed by atoms with E-state index in [1.807, 2.05) is 0 Å².